The van der Waals surface area contributed by atoms with Gasteiger partial charge in [-0.1, -0.05) is 0 Å². The van der Waals surface area contributed by atoms with Crippen molar-refractivity contribution in [3.05, 3.63) is 17.7 Å². The van der Waals surface area contributed by atoms with Crippen LogP contribution in [0.25, 0.3) is 0 Å². The average Bonchev–Trinajstić information content (AvgIpc) is 2.25. The zero-order chi connectivity index (χ0) is 10.7. The molecule has 0 saturated carbocycles. The van der Waals surface area contributed by atoms with Crippen molar-refractivity contribution >= 4 is 11.6 Å². The van der Waals surface area contributed by atoms with Crippen LogP contribution in [0.1, 0.15) is 12.8 Å². The summed E-state index contributed by atoms with van der Waals surface area (Å²) >= 11 is 5.59. The summed E-state index contributed by atoms with van der Waals surface area (Å²) in [7, 11) is 2.13. The number of hydrogen-bond acceptors (Lipinski definition) is 4. The number of aromatic nitrogens is 2. The summed E-state index contributed by atoms with van der Waals surface area (Å²) in [6.07, 6.45) is 5.63. The van der Waals surface area contributed by atoms with Gasteiger partial charge >= 0.3 is 0 Å². The normalized spacial score (nSPS) is 19.1. The molecule has 82 valence electrons. The smallest absolute Gasteiger partial charge is 0.222 e. The topological polar surface area (TPSA) is 38.2 Å². The van der Waals surface area contributed by atoms with Gasteiger partial charge in [0.2, 0.25) is 5.28 Å². The first-order valence-electron chi connectivity index (χ1n) is 5.07. The van der Waals surface area contributed by atoms with Crippen LogP contribution in [0.3, 0.4) is 0 Å². The molecule has 0 aliphatic carbocycles. The van der Waals surface area contributed by atoms with Crippen LogP contribution in [-0.2, 0) is 0 Å². The first kappa shape index (κ1) is 10.6. The predicted molar refractivity (Wildman–Crippen MR) is 58.2 cm³/mol. The molecule has 5 heteroatoms. The first-order chi connectivity index (χ1) is 7.24. The molecule has 1 aromatic heterocycles. The fraction of sp³-hybridized carbons (Fsp3) is 0.600. The molecular weight excluding hydrogens is 214 g/mol. The second kappa shape index (κ2) is 4.77. The second-order valence-corrected chi connectivity index (χ2v) is 4.15. The van der Waals surface area contributed by atoms with Crippen LogP contribution in [0.4, 0.5) is 0 Å². The Kier molecular flexibility index (Phi) is 3.38. The standard InChI is InChI=1S/C10H14ClN3O/c1-14-4-2-8(3-5-14)15-9-6-12-10(11)13-7-9/h6-8H,2-5H2,1H3. The first-order valence-corrected chi connectivity index (χ1v) is 5.44. The highest BCUT2D eigenvalue weighted by molar-refractivity contribution is 6.28. The summed E-state index contributed by atoms with van der Waals surface area (Å²) < 4.78 is 5.75. The molecular formula is C10H14ClN3O. The Hall–Kier alpha value is -0.870. The maximum atomic E-state index is 5.75. The molecule has 4 nitrogen and oxygen atoms in total. The fourth-order valence-corrected chi connectivity index (χ4v) is 1.75. The highest BCUT2D eigenvalue weighted by Gasteiger charge is 2.17. The molecule has 2 heterocycles. The zero-order valence-electron chi connectivity index (χ0n) is 8.69. The van der Waals surface area contributed by atoms with Gasteiger partial charge in [-0.2, -0.15) is 0 Å². The van der Waals surface area contributed by atoms with Crippen LogP contribution in [0.15, 0.2) is 12.4 Å². The number of nitrogens with zero attached hydrogens (tertiary/aromatic N) is 3. The Morgan fingerprint density at radius 1 is 1.33 bits per heavy atom. The lowest BCUT2D eigenvalue weighted by Crippen LogP contribution is -2.35. The molecule has 0 bridgehead atoms. The van der Waals surface area contributed by atoms with Gasteiger partial charge < -0.3 is 9.64 Å². The van der Waals surface area contributed by atoms with Crippen molar-refractivity contribution in [1.82, 2.24) is 14.9 Å². The van der Waals surface area contributed by atoms with E-state index in [0.717, 1.165) is 25.9 Å². The summed E-state index contributed by atoms with van der Waals surface area (Å²) in [6, 6.07) is 0. The molecule has 0 unspecified atom stereocenters. The van der Waals surface area contributed by atoms with Crippen molar-refractivity contribution in [1.29, 1.82) is 0 Å². The van der Waals surface area contributed by atoms with Crippen LogP contribution < -0.4 is 4.74 Å². The number of ether oxygens (including phenoxy) is 1. The van der Waals surface area contributed by atoms with Gasteiger partial charge in [-0.15, -0.1) is 0 Å². The van der Waals surface area contributed by atoms with E-state index in [4.69, 9.17) is 16.3 Å². The van der Waals surface area contributed by atoms with Crippen LogP contribution in [0.2, 0.25) is 5.28 Å². The largest absolute Gasteiger partial charge is 0.487 e. The van der Waals surface area contributed by atoms with Crippen LogP contribution in [0, 0.1) is 0 Å². The second-order valence-electron chi connectivity index (χ2n) is 3.81. The average molecular weight is 228 g/mol. The third-order valence-electron chi connectivity index (χ3n) is 2.56. The molecule has 0 atom stereocenters. The van der Waals surface area contributed by atoms with Gasteiger partial charge in [0.15, 0.2) is 5.75 Å². The zero-order valence-corrected chi connectivity index (χ0v) is 9.44. The van der Waals surface area contributed by atoms with E-state index in [0.29, 0.717) is 5.75 Å². The van der Waals surface area contributed by atoms with E-state index >= 15 is 0 Å². The summed E-state index contributed by atoms with van der Waals surface area (Å²) in [6.45, 7) is 2.16. The van der Waals surface area contributed by atoms with Gasteiger partial charge in [-0.25, -0.2) is 9.97 Å². The van der Waals surface area contributed by atoms with Gasteiger partial charge in [0.05, 0.1) is 12.4 Å². The molecule has 0 spiro atoms. The molecule has 1 aliphatic heterocycles. The Balaban J connectivity index is 1.89. The molecule has 0 aromatic carbocycles. The van der Waals surface area contributed by atoms with Gasteiger partial charge in [0, 0.05) is 13.1 Å². The third kappa shape index (κ3) is 3.04. The van der Waals surface area contributed by atoms with Crippen molar-refractivity contribution in [2.75, 3.05) is 20.1 Å². The Morgan fingerprint density at radius 3 is 2.53 bits per heavy atom. The maximum absolute atomic E-state index is 5.75. The molecule has 1 fully saturated rings. The molecule has 2 rings (SSSR count). The Bertz CT molecular complexity index is 309. The SMILES string of the molecule is CN1CCC(Oc2cnc(Cl)nc2)CC1. The maximum Gasteiger partial charge on any atom is 0.222 e. The minimum Gasteiger partial charge on any atom is -0.487 e. The molecule has 1 aromatic rings. The summed E-state index contributed by atoms with van der Waals surface area (Å²) in [5.41, 5.74) is 0. The fourth-order valence-electron chi connectivity index (χ4n) is 1.66. The van der Waals surface area contributed by atoms with Crippen molar-refractivity contribution in [2.24, 2.45) is 0 Å². The van der Waals surface area contributed by atoms with E-state index in [1.807, 2.05) is 0 Å². The highest BCUT2D eigenvalue weighted by Crippen LogP contribution is 2.17. The lowest BCUT2D eigenvalue weighted by Gasteiger charge is -2.29. The monoisotopic (exact) mass is 227 g/mol. The van der Waals surface area contributed by atoms with Crippen LogP contribution in [0.5, 0.6) is 5.75 Å². The molecule has 1 saturated heterocycles. The predicted octanol–water partition coefficient (Wildman–Crippen LogP) is 1.60. The van der Waals surface area contributed by atoms with E-state index in [9.17, 15) is 0 Å². The molecule has 15 heavy (non-hydrogen) atoms. The quantitative estimate of drug-likeness (QED) is 0.720. The van der Waals surface area contributed by atoms with E-state index < -0.39 is 0 Å². The van der Waals surface area contributed by atoms with E-state index in [-0.39, 0.29) is 11.4 Å². The van der Waals surface area contributed by atoms with E-state index in [1.165, 1.54) is 0 Å². The number of piperidine rings is 1. The number of halogens is 1. The Labute approximate surface area is 94.2 Å². The Morgan fingerprint density at radius 2 is 1.93 bits per heavy atom. The minimum atomic E-state index is 0.255. The highest BCUT2D eigenvalue weighted by atomic mass is 35.5. The minimum absolute atomic E-state index is 0.255. The van der Waals surface area contributed by atoms with Crippen LogP contribution in [-0.4, -0.2) is 41.1 Å². The summed E-state index contributed by atoms with van der Waals surface area (Å²) in [4.78, 5) is 10.1. The summed E-state index contributed by atoms with van der Waals surface area (Å²) in [5, 5.41) is 0.255. The summed E-state index contributed by atoms with van der Waals surface area (Å²) in [5.74, 6) is 0.703. The third-order valence-corrected chi connectivity index (χ3v) is 2.76. The van der Waals surface area contributed by atoms with E-state index in [2.05, 4.69) is 21.9 Å². The lowest BCUT2D eigenvalue weighted by molar-refractivity contribution is 0.113. The van der Waals surface area contributed by atoms with Crippen molar-refractivity contribution < 1.29 is 4.74 Å². The van der Waals surface area contributed by atoms with E-state index in [1.54, 1.807) is 12.4 Å². The van der Waals surface area contributed by atoms with Crippen molar-refractivity contribution in [3.8, 4) is 5.75 Å². The number of rotatable bonds is 2. The van der Waals surface area contributed by atoms with Gasteiger partial charge in [-0.3, -0.25) is 0 Å². The molecule has 1 aliphatic rings. The van der Waals surface area contributed by atoms with Gasteiger partial charge in [0.1, 0.15) is 6.10 Å². The van der Waals surface area contributed by atoms with Crippen molar-refractivity contribution in [3.63, 3.8) is 0 Å². The lowest BCUT2D eigenvalue weighted by atomic mass is 10.1. The van der Waals surface area contributed by atoms with Gasteiger partial charge in [0.25, 0.3) is 0 Å². The molecule has 0 amide bonds. The van der Waals surface area contributed by atoms with Crippen molar-refractivity contribution in [2.45, 2.75) is 18.9 Å². The van der Waals surface area contributed by atoms with Crippen LogP contribution >= 0.6 is 11.6 Å². The number of hydrogen-bond donors (Lipinski definition) is 0. The number of likely N-dealkylation sites (tertiary alicyclic amines) is 1. The van der Waals surface area contributed by atoms with Gasteiger partial charge in [-0.05, 0) is 31.5 Å². The molecule has 0 radical (unpaired) electrons. The molecule has 0 N–H and O–H groups in total.